The molecule has 2 N–H and O–H groups in total. The van der Waals surface area contributed by atoms with E-state index in [1.807, 2.05) is 0 Å². The number of hydrogen-bond donors (Lipinski definition) is 2. The summed E-state index contributed by atoms with van der Waals surface area (Å²) in [7, 11) is 0. The van der Waals surface area contributed by atoms with Crippen molar-refractivity contribution in [2.75, 3.05) is 5.32 Å². The first-order valence-corrected chi connectivity index (χ1v) is 9.30. The van der Waals surface area contributed by atoms with E-state index in [9.17, 15) is 9.59 Å². The quantitative estimate of drug-likeness (QED) is 0.676. The summed E-state index contributed by atoms with van der Waals surface area (Å²) >= 11 is 7.03. The molecule has 0 atom stereocenters. The van der Waals surface area contributed by atoms with Gasteiger partial charge in [0, 0.05) is 11.8 Å². The fourth-order valence-corrected chi connectivity index (χ4v) is 4.86. The molecule has 8 heteroatoms. The number of nitrogens with one attached hydrogen (secondary N) is 2. The SMILES string of the molecule is CC(=O)Nc1ccc(-n2c(=S)[nH]c3sc4c(c3c2=O)CCCC4)nc1. The van der Waals surface area contributed by atoms with Gasteiger partial charge in [0.2, 0.25) is 5.91 Å². The third-order valence-corrected chi connectivity index (χ3v) is 5.80. The second kappa shape index (κ2) is 6.20. The Bertz CT molecular complexity index is 1090. The van der Waals surface area contributed by atoms with Crippen molar-refractivity contribution in [3.05, 3.63) is 43.9 Å². The Morgan fingerprint density at radius 2 is 2.16 bits per heavy atom. The van der Waals surface area contributed by atoms with Gasteiger partial charge in [0.05, 0.1) is 17.3 Å². The number of aromatic nitrogens is 3. The number of aromatic amines is 1. The number of thiophene rings is 1. The van der Waals surface area contributed by atoms with Gasteiger partial charge in [-0.3, -0.25) is 9.59 Å². The van der Waals surface area contributed by atoms with Crippen LogP contribution in [0.5, 0.6) is 0 Å². The highest BCUT2D eigenvalue weighted by molar-refractivity contribution is 7.71. The third-order valence-electron chi connectivity index (χ3n) is 4.31. The summed E-state index contributed by atoms with van der Waals surface area (Å²) in [5.41, 5.74) is 1.61. The molecule has 3 heterocycles. The number of nitrogens with zero attached hydrogens (tertiary/aromatic N) is 2. The maximum Gasteiger partial charge on any atom is 0.269 e. The fraction of sp³-hybridized carbons (Fsp3) is 0.294. The van der Waals surface area contributed by atoms with E-state index >= 15 is 0 Å². The summed E-state index contributed by atoms with van der Waals surface area (Å²) in [6.07, 6.45) is 5.76. The van der Waals surface area contributed by atoms with Gasteiger partial charge in [-0.15, -0.1) is 11.3 Å². The van der Waals surface area contributed by atoms with Crippen LogP contribution in [0.1, 0.15) is 30.2 Å². The predicted octanol–water partition coefficient (Wildman–Crippen LogP) is 3.34. The van der Waals surface area contributed by atoms with E-state index in [1.54, 1.807) is 23.5 Å². The van der Waals surface area contributed by atoms with Gasteiger partial charge >= 0.3 is 0 Å². The lowest BCUT2D eigenvalue weighted by atomic mass is 9.97. The number of aryl methyl sites for hydroxylation is 2. The van der Waals surface area contributed by atoms with Crippen molar-refractivity contribution in [3.8, 4) is 5.82 Å². The molecule has 25 heavy (non-hydrogen) atoms. The van der Waals surface area contributed by atoms with Crippen molar-refractivity contribution in [3.63, 3.8) is 0 Å². The largest absolute Gasteiger partial charge is 0.325 e. The monoisotopic (exact) mass is 372 g/mol. The van der Waals surface area contributed by atoms with Gasteiger partial charge in [-0.1, -0.05) is 0 Å². The van der Waals surface area contributed by atoms with Crippen LogP contribution in [-0.4, -0.2) is 20.4 Å². The van der Waals surface area contributed by atoms with Crippen molar-refractivity contribution >= 4 is 45.4 Å². The molecule has 0 radical (unpaired) electrons. The minimum absolute atomic E-state index is 0.127. The molecule has 6 nitrogen and oxygen atoms in total. The first-order valence-electron chi connectivity index (χ1n) is 8.08. The summed E-state index contributed by atoms with van der Waals surface area (Å²) in [4.78, 5) is 33.9. The number of rotatable bonds is 2. The summed E-state index contributed by atoms with van der Waals surface area (Å²) in [6, 6.07) is 3.39. The number of pyridine rings is 1. The molecular formula is C17H16N4O2S2. The molecule has 3 aromatic rings. The first kappa shape index (κ1) is 16.2. The van der Waals surface area contributed by atoms with E-state index in [0.717, 1.165) is 35.0 Å². The zero-order valence-electron chi connectivity index (χ0n) is 13.6. The molecule has 1 aliphatic rings. The highest BCUT2D eigenvalue weighted by atomic mass is 32.1. The van der Waals surface area contributed by atoms with Crippen LogP contribution in [0, 0.1) is 4.77 Å². The Hall–Kier alpha value is -2.32. The van der Waals surface area contributed by atoms with Gasteiger partial charge < -0.3 is 10.3 Å². The van der Waals surface area contributed by atoms with E-state index in [2.05, 4.69) is 15.3 Å². The molecule has 128 valence electrons. The van der Waals surface area contributed by atoms with Gasteiger partial charge in [-0.05, 0) is 55.6 Å². The van der Waals surface area contributed by atoms with Gasteiger partial charge in [-0.2, -0.15) is 0 Å². The van der Waals surface area contributed by atoms with Gasteiger partial charge in [-0.25, -0.2) is 9.55 Å². The average Bonchev–Trinajstić information content (AvgIpc) is 2.94. The lowest BCUT2D eigenvalue weighted by Crippen LogP contribution is -2.22. The Morgan fingerprint density at radius 1 is 1.36 bits per heavy atom. The second-order valence-corrected chi connectivity index (χ2v) is 7.56. The lowest BCUT2D eigenvalue weighted by molar-refractivity contribution is -0.114. The molecule has 1 aliphatic carbocycles. The van der Waals surface area contributed by atoms with Crippen molar-refractivity contribution < 1.29 is 4.79 Å². The molecule has 0 aliphatic heterocycles. The number of carbonyl (C=O) groups excluding carboxylic acids is 1. The summed E-state index contributed by atoms with van der Waals surface area (Å²) < 4.78 is 1.76. The molecule has 0 fully saturated rings. The minimum atomic E-state index is -0.171. The molecule has 3 aromatic heterocycles. The molecular weight excluding hydrogens is 356 g/mol. The first-order chi connectivity index (χ1) is 12.0. The standard InChI is InChI=1S/C17H16N4O2S2/c1-9(22)19-10-6-7-13(18-8-10)21-16(23)14-11-4-2-3-5-12(11)25-15(14)20-17(21)24/h6-8H,2-5H2,1H3,(H,19,22)(H,20,24). The number of hydrogen-bond acceptors (Lipinski definition) is 5. The van der Waals surface area contributed by atoms with E-state index in [-0.39, 0.29) is 11.5 Å². The molecule has 0 unspecified atom stereocenters. The normalized spacial score (nSPS) is 13.6. The molecule has 0 aromatic carbocycles. The molecule has 0 spiro atoms. The summed E-state index contributed by atoms with van der Waals surface area (Å²) in [5, 5.41) is 3.40. The van der Waals surface area contributed by atoms with Gasteiger partial charge in [0.15, 0.2) is 4.77 Å². The number of H-pyrrole nitrogens is 1. The van der Waals surface area contributed by atoms with Crippen molar-refractivity contribution in [2.45, 2.75) is 32.6 Å². The van der Waals surface area contributed by atoms with Crippen LogP contribution in [0.4, 0.5) is 5.69 Å². The number of carbonyl (C=O) groups is 1. The smallest absolute Gasteiger partial charge is 0.269 e. The molecule has 1 amide bonds. The predicted molar refractivity (Wildman–Crippen MR) is 101 cm³/mol. The molecule has 0 saturated heterocycles. The van der Waals surface area contributed by atoms with Crippen molar-refractivity contribution in [1.29, 1.82) is 0 Å². The second-order valence-electron chi connectivity index (χ2n) is 6.07. The van der Waals surface area contributed by atoms with Crippen LogP contribution >= 0.6 is 23.6 Å². The minimum Gasteiger partial charge on any atom is -0.325 e. The highest BCUT2D eigenvalue weighted by Gasteiger charge is 2.20. The van der Waals surface area contributed by atoms with Crippen LogP contribution in [0.3, 0.4) is 0 Å². The van der Waals surface area contributed by atoms with Crippen LogP contribution in [0.15, 0.2) is 23.1 Å². The average molecular weight is 372 g/mol. The Balaban J connectivity index is 1.88. The van der Waals surface area contributed by atoms with Crippen LogP contribution in [-0.2, 0) is 17.6 Å². The lowest BCUT2D eigenvalue weighted by Gasteiger charge is -2.11. The Kier molecular flexibility index (Phi) is 4.01. The maximum absolute atomic E-state index is 13.1. The highest BCUT2D eigenvalue weighted by Crippen LogP contribution is 2.33. The number of anilines is 1. The van der Waals surface area contributed by atoms with Crippen LogP contribution in [0.25, 0.3) is 16.0 Å². The molecule has 0 saturated carbocycles. The van der Waals surface area contributed by atoms with Gasteiger partial charge in [0.25, 0.3) is 5.56 Å². The summed E-state index contributed by atoms with van der Waals surface area (Å²) in [5.74, 6) is 0.272. The van der Waals surface area contributed by atoms with E-state index in [1.165, 1.54) is 29.0 Å². The number of amides is 1. The fourth-order valence-electron chi connectivity index (χ4n) is 3.24. The van der Waals surface area contributed by atoms with Crippen molar-refractivity contribution in [1.82, 2.24) is 14.5 Å². The Morgan fingerprint density at radius 3 is 2.88 bits per heavy atom. The third kappa shape index (κ3) is 2.81. The molecule has 4 rings (SSSR count). The Labute approximate surface area is 152 Å². The van der Waals surface area contributed by atoms with Crippen LogP contribution in [0.2, 0.25) is 0 Å². The van der Waals surface area contributed by atoms with Crippen LogP contribution < -0.4 is 10.9 Å². The van der Waals surface area contributed by atoms with E-state index in [4.69, 9.17) is 12.2 Å². The van der Waals surface area contributed by atoms with Gasteiger partial charge in [0.1, 0.15) is 10.6 Å². The van der Waals surface area contributed by atoms with Crippen molar-refractivity contribution in [2.24, 2.45) is 0 Å². The summed E-state index contributed by atoms with van der Waals surface area (Å²) in [6.45, 7) is 1.43. The zero-order valence-corrected chi connectivity index (χ0v) is 15.2. The zero-order chi connectivity index (χ0) is 17.6. The number of fused-ring (bicyclic) bond motifs is 3. The van der Waals surface area contributed by atoms with E-state index in [0.29, 0.717) is 16.3 Å². The van der Waals surface area contributed by atoms with E-state index < -0.39 is 0 Å². The maximum atomic E-state index is 13.1. The molecule has 0 bridgehead atoms. The topological polar surface area (TPSA) is 79.8 Å².